The lowest BCUT2D eigenvalue weighted by molar-refractivity contribution is -0.666. The van der Waals surface area contributed by atoms with Crippen molar-refractivity contribution in [2.24, 2.45) is 0 Å². The second-order valence-electron chi connectivity index (χ2n) is 6.25. The zero-order valence-electron chi connectivity index (χ0n) is 13.9. The molecule has 2 aromatic rings. The van der Waals surface area contributed by atoms with Crippen LogP contribution in [-0.4, -0.2) is 43.6 Å². The molecule has 1 heterocycles. The molecule has 1 saturated heterocycles. The van der Waals surface area contributed by atoms with Gasteiger partial charge in [-0.3, -0.25) is 0 Å². The second-order valence-corrected chi connectivity index (χ2v) is 6.25. The minimum atomic E-state index is -0.472. The first-order valence-electron chi connectivity index (χ1n) is 8.71. The van der Waals surface area contributed by atoms with Crippen LogP contribution < -0.4 is 10.1 Å². The van der Waals surface area contributed by atoms with Gasteiger partial charge in [0.2, 0.25) is 0 Å². The normalized spacial score (nSPS) is 18.5. The van der Waals surface area contributed by atoms with Crippen molar-refractivity contribution in [3.8, 4) is 16.9 Å². The number of aliphatic hydroxyl groups is 1. The largest absolute Gasteiger partial charge is 0.491 e. The van der Waals surface area contributed by atoms with Gasteiger partial charge in [0.25, 0.3) is 0 Å². The molecule has 0 aromatic heterocycles. The van der Waals surface area contributed by atoms with Gasteiger partial charge in [0.1, 0.15) is 37.7 Å². The van der Waals surface area contributed by atoms with Crippen molar-refractivity contribution in [2.45, 2.75) is 25.0 Å². The quantitative estimate of drug-likeness (QED) is 0.777. The van der Waals surface area contributed by atoms with Gasteiger partial charge >= 0.3 is 0 Å². The molecular weight excluding hydrogens is 302 g/mol. The summed E-state index contributed by atoms with van der Waals surface area (Å²) in [5.74, 6) is 0.785. The molecule has 3 rings (SSSR count). The van der Waals surface area contributed by atoms with Gasteiger partial charge in [0.15, 0.2) is 0 Å². The first-order valence-corrected chi connectivity index (χ1v) is 8.71. The number of rotatable bonds is 8. The lowest BCUT2D eigenvalue weighted by Gasteiger charge is -2.13. The van der Waals surface area contributed by atoms with Crippen molar-refractivity contribution < 1.29 is 19.9 Å². The number of quaternary nitrogens is 1. The standard InChI is InChI=1S/C20H25NO3/c22-18(13-21-14-20-7-4-12-23-20)15-24-19-10-8-17(9-11-19)16-5-2-1-3-6-16/h1-3,5-6,8-11,18,20-22H,4,7,12-15H2/p+1/t18-,20-/m1/s1. The molecule has 0 radical (unpaired) electrons. The average molecular weight is 328 g/mol. The van der Waals surface area contributed by atoms with Crippen LogP contribution >= 0.6 is 0 Å². The third kappa shape index (κ3) is 5.06. The lowest BCUT2D eigenvalue weighted by Crippen LogP contribution is -2.88. The molecular formula is C20H26NO3+. The summed E-state index contributed by atoms with van der Waals surface area (Å²) >= 11 is 0. The van der Waals surface area contributed by atoms with Crippen LogP contribution in [0.3, 0.4) is 0 Å². The summed E-state index contributed by atoms with van der Waals surface area (Å²) in [6.45, 7) is 2.75. The molecule has 0 unspecified atom stereocenters. The van der Waals surface area contributed by atoms with Crippen LogP contribution in [0.4, 0.5) is 0 Å². The SMILES string of the molecule is O[C@H](C[NH2+]C[C@H]1CCCO1)COc1ccc(-c2ccccc2)cc1. The third-order valence-electron chi connectivity index (χ3n) is 4.30. The average Bonchev–Trinajstić information content (AvgIpc) is 3.15. The van der Waals surface area contributed by atoms with E-state index >= 15 is 0 Å². The molecule has 0 aliphatic carbocycles. The molecule has 3 N–H and O–H groups in total. The fourth-order valence-electron chi connectivity index (χ4n) is 2.94. The Morgan fingerprint density at radius 2 is 1.83 bits per heavy atom. The number of aliphatic hydroxyl groups excluding tert-OH is 1. The summed E-state index contributed by atoms with van der Waals surface area (Å²) < 4.78 is 11.2. The Labute approximate surface area is 143 Å². The molecule has 0 amide bonds. The van der Waals surface area contributed by atoms with E-state index in [1.54, 1.807) is 0 Å². The Bertz CT molecular complexity index is 594. The van der Waals surface area contributed by atoms with E-state index in [-0.39, 0.29) is 0 Å². The fourth-order valence-corrected chi connectivity index (χ4v) is 2.94. The molecule has 24 heavy (non-hydrogen) atoms. The Morgan fingerprint density at radius 1 is 1.08 bits per heavy atom. The van der Waals surface area contributed by atoms with Gasteiger partial charge in [-0.25, -0.2) is 0 Å². The van der Waals surface area contributed by atoms with Crippen LogP contribution in [0.1, 0.15) is 12.8 Å². The minimum absolute atomic E-state index is 0.312. The second kappa shape index (κ2) is 8.83. The van der Waals surface area contributed by atoms with Crippen LogP contribution in [-0.2, 0) is 4.74 Å². The Kier molecular flexibility index (Phi) is 6.24. The van der Waals surface area contributed by atoms with Gasteiger partial charge in [-0.15, -0.1) is 0 Å². The highest BCUT2D eigenvalue weighted by Crippen LogP contribution is 2.22. The topological polar surface area (TPSA) is 55.3 Å². The van der Waals surface area contributed by atoms with E-state index in [4.69, 9.17) is 9.47 Å². The van der Waals surface area contributed by atoms with Crippen LogP contribution in [0.2, 0.25) is 0 Å². The van der Waals surface area contributed by atoms with Crippen molar-refractivity contribution in [1.82, 2.24) is 0 Å². The Balaban J connectivity index is 1.39. The van der Waals surface area contributed by atoms with Gasteiger partial charge < -0.3 is 19.9 Å². The maximum Gasteiger partial charge on any atom is 0.137 e. The highest BCUT2D eigenvalue weighted by atomic mass is 16.5. The van der Waals surface area contributed by atoms with Gasteiger partial charge in [-0.2, -0.15) is 0 Å². The molecule has 2 aromatic carbocycles. The fraction of sp³-hybridized carbons (Fsp3) is 0.400. The Morgan fingerprint density at radius 3 is 2.54 bits per heavy atom. The maximum atomic E-state index is 10.0. The van der Waals surface area contributed by atoms with Crippen LogP contribution in [0.15, 0.2) is 54.6 Å². The summed E-state index contributed by atoms with van der Waals surface area (Å²) in [5.41, 5.74) is 2.35. The van der Waals surface area contributed by atoms with Gasteiger partial charge in [0.05, 0.1) is 0 Å². The molecule has 4 nitrogen and oxygen atoms in total. The van der Waals surface area contributed by atoms with E-state index in [1.807, 2.05) is 42.5 Å². The molecule has 0 saturated carbocycles. The van der Waals surface area contributed by atoms with Crippen molar-refractivity contribution >= 4 is 0 Å². The number of hydrogen-bond acceptors (Lipinski definition) is 3. The smallest absolute Gasteiger partial charge is 0.137 e. The van der Waals surface area contributed by atoms with Crippen LogP contribution in [0, 0.1) is 0 Å². The van der Waals surface area contributed by atoms with Crippen LogP contribution in [0.25, 0.3) is 11.1 Å². The van der Waals surface area contributed by atoms with E-state index in [1.165, 1.54) is 5.56 Å². The number of benzene rings is 2. The summed E-state index contributed by atoms with van der Waals surface area (Å²) in [5, 5.41) is 12.1. The highest BCUT2D eigenvalue weighted by molar-refractivity contribution is 5.63. The van der Waals surface area contributed by atoms with Crippen molar-refractivity contribution in [3.63, 3.8) is 0 Å². The van der Waals surface area contributed by atoms with Gasteiger partial charge in [0, 0.05) is 6.61 Å². The number of hydrogen-bond donors (Lipinski definition) is 2. The van der Waals surface area contributed by atoms with Crippen LogP contribution in [0.5, 0.6) is 5.75 Å². The maximum absolute atomic E-state index is 10.0. The number of nitrogens with two attached hydrogens (primary N) is 1. The lowest BCUT2D eigenvalue weighted by atomic mass is 10.1. The van der Waals surface area contributed by atoms with Gasteiger partial charge in [-0.05, 0) is 36.1 Å². The summed E-state index contributed by atoms with van der Waals surface area (Å²) in [6.07, 6.45) is 2.17. The summed E-state index contributed by atoms with van der Waals surface area (Å²) in [7, 11) is 0. The molecule has 0 spiro atoms. The first-order chi connectivity index (χ1) is 11.8. The molecule has 1 aliphatic rings. The van der Waals surface area contributed by atoms with E-state index in [2.05, 4.69) is 17.4 Å². The predicted molar refractivity (Wildman–Crippen MR) is 94.0 cm³/mol. The first kappa shape index (κ1) is 17.0. The molecule has 128 valence electrons. The van der Waals surface area contributed by atoms with Crippen molar-refractivity contribution in [2.75, 3.05) is 26.3 Å². The third-order valence-corrected chi connectivity index (χ3v) is 4.30. The van der Waals surface area contributed by atoms with E-state index < -0.39 is 6.10 Å². The van der Waals surface area contributed by atoms with Gasteiger partial charge in [-0.1, -0.05) is 42.5 Å². The molecule has 0 bridgehead atoms. The summed E-state index contributed by atoms with van der Waals surface area (Å²) in [4.78, 5) is 0. The summed E-state index contributed by atoms with van der Waals surface area (Å²) in [6, 6.07) is 18.2. The van der Waals surface area contributed by atoms with E-state index in [0.29, 0.717) is 19.3 Å². The predicted octanol–water partition coefficient (Wildman–Crippen LogP) is 1.84. The Hall–Kier alpha value is -1.88. The number of ether oxygens (including phenoxy) is 2. The molecule has 2 atom stereocenters. The van der Waals surface area contributed by atoms with Crippen molar-refractivity contribution in [3.05, 3.63) is 54.6 Å². The zero-order chi connectivity index (χ0) is 16.6. The molecule has 4 heteroatoms. The van der Waals surface area contributed by atoms with Crippen molar-refractivity contribution in [1.29, 1.82) is 0 Å². The minimum Gasteiger partial charge on any atom is -0.491 e. The highest BCUT2D eigenvalue weighted by Gasteiger charge is 2.17. The van der Waals surface area contributed by atoms with E-state index in [9.17, 15) is 5.11 Å². The van der Waals surface area contributed by atoms with E-state index in [0.717, 1.165) is 37.3 Å². The molecule has 1 fully saturated rings. The molecule has 1 aliphatic heterocycles. The monoisotopic (exact) mass is 328 g/mol. The zero-order valence-corrected chi connectivity index (χ0v) is 13.9.